The molecule has 1 heterocycles. The van der Waals surface area contributed by atoms with Crippen molar-refractivity contribution < 1.29 is 4.74 Å². The molecule has 2 N–H and O–H groups in total. The van der Waals surface area contributed by atoms with Crippen molar-refractivity contribution in [2.45, 2.75) is 31.4 Å². The van der Waals surface area contributed by atoms with Gasteiger partial charge in [-0.3, -0.25) is 0 Å². The number of ether oxygens (including phenoxy) is 1. The summed E-state index contributed by atoms with van der Waals surface area (Å²) < 4.78 is 5.66. The molecular formula is C12H17NO. The minimum atomic E-state index is 0.192. The van der Waals surface area contributed by atoms with Crippen LogP contribution in [-0.4, -0.2) is 18.8 Å². The molecule has 0 saturated carbocycles. The predicted octanol–water partition coefficient (Wildman–Crippen LogP) is 1.91. The van der Waals surface area contributed by atoms with Gasteiger partial charge in [0.15, 0.2) is 0 Å². The second-order valence-electron chi connectivity index (χ2n) is 3.99. The Hall–Kier alpha value is -0.860. The van der Waals surface area contributed by atoms with Gasteiger partial charge in [-0.2, -0.15) is 0 Å². The van der Waals surface area contributed by atoms with E-state index < -0.39 is 0 Å². The van der Waals surface area contributed by atoms with Crippen molar-refractivity contribution in [3.8, 4) is 0 Å². The van der Waals surface area contributed by atoms with Crippen molar-refractivity contribution in [1.29, 1.82) is 0 Å². The van der Waals surface area contributed by atoms with Crippen LogP contribution in [0.2, 0.25) is 0 Å². The van der Waals surface area contributed by atoms with Crippen LogP contribution in [0.3, 0.4) is 0 Å². The molecule has 0 aromatic heterocycles. The van der Waals surface area contributed by atoms with Gasteiger partial charge >= 0.3 is 0 Å². The maximum Gasteiger partial charge on any atom is 0.0792 e. The molecular weight excluding hydrogens is 174 g/mol. The Kier molecular flexibility index (Phi) is 2.85. The van der Waals surface area contributed by atoms with E-state index in [4.69, 9.17) is 10.5 Å². The maximum atomic E-state index is 5.99. The fourth-order valence-electron chi connectivity index (χ4n) is 2.09. The standard InChI is InChI=1S/C12H17NO/c1-9(10-5-3-2-4-6-10)12-11(13)7-8-14-12/h2-6,9,11-12H,7-8,13H2,1H3. The van der Waals surface area contributed by atoms with Crippen molar-refractivity contribution in [2.24, 2.45) is 5.73 Å². The van der Waals surface area contributed by atoms with Crippen LogP contribution in [0.15, 0.2) is 30.3 Å². The fourth-order valence-corrected chi connectivity index (χ4v) is 2.09. The van der Waals surface area contributed by atoms with Crippen LogP contribution in [0.25, 0.3) is 0 Å². The van der Waals surface area contributed by atoms with E-state index >= 15 is 0 Å². The van der Waals surface area contributed by atoms with Gasteiger partial charge in [0.2, 0.25) is 0 Å². The van der Waals surface area contributed by atoms with Gasteiger partial charge in [-0.1, -0.05) is 37.3 Å². The normalized spacial score (nSPS) is 29.0. The highest BCUT2D eigenvalue weighted by Gasteiger charge is 2.30. The summed E-state index contributed by atoms with van der Waals surface area (Å²) in [6, 6.07) is 10.6. The Balaban J connectivity index is 2.12. The molecule has 76 valence electrons. The van der Waals surface area contributed by atoms with Crippen LogP contribution >= 0.6 is 0 Å². The van der Waals surface area contributed by atoms with Gasteiger partial charge in [0.05, 0.1) is 6.10 Å². The molecule has 1 saturated heterocycles. The predicted molar refractivity (Wildman–Crippen MR) is 57.2 cm³/mol. The van der Waals surface area contributed by atoms with Gasteiger partial charge in [0.1, 0.15) is 0 Å². The second kappa shape index (κ2) is 4.11. The number of benzene rings is 1. The van der Waals surface area contributed by atoms with Gasteiger partial charge < -0.3 is 10.5 Å². The van der Waals surface area contributed by atoms with E-state index in [-0.39, 0.29) is 12.1 Å². The molecule has 0 spiro atoms. The summed E-state index contributed by atoms with van der Waals surface area (Å²) in [6.07, 6.45) is 1.18. The monoisotopic (exact) mass is 191 g/mol. The summed E-state index contributed by atoms with van der Waals surface area (Å²) in [4.78, 5) is 0. The van der Waals surface area contributed by atoms with Crippen LogP contribution in [0.4, 0.5) is 0 Å². The first-order valence-corrected chi connectivity index (χ1v) is 5.21. The molecule has 2 rings (SSSR count). The number of rotatable bonds is 2. The molecule has 1 aliphatic rings. The van der Waals surface area contributed by atoms with Gasteiger partial charge in [0.25, 0.3) is 0 Å². The molecule has 0 radical (unpaired) electrons. The van der Waals surface area contributed by atoms with E-state index in [1.807, 2.05) is 6.07 Å². The molecule has 14 heavy (non-hydrogen) atoms. The van der Waals surface area contributed by atoms with Crippen LogP contribution in [0.5, 0.6) is 0 Å². The van der Waals surface area contributed by atoms with Crippen LogP contribution in [-0.2, 0) is 4.74 Å². The Morgan fingerprint density at radius 3 is 2.64 bits per heavy atom. The van der Waals surface area contributed by atoms with Gasteiger partial charge in [-0.25, -0.2) is 0 Å². The van der Waals surface area contributed by atoms with E-state index in [1.165, 1.54) is 5.56 Å². The molecule has 3 unspecified atom stereocenters. The van der Waals surface area contributed by atoms with Gasteiger partial charge in [-0.05, 0) is 12.0 Å². The molecule has 0 amide bonds. The largest absolute Gasteiger partial charge is 0.376 e. The summed E-state index contributed by atoms with van der Waals surface area (Å²) >= 11 is 0. The smallest absolute Gasteiger partial charge is 0.0792 e. The SMILES string of the molecule is CC(c1ccccc1)C1OCCC1N. The maximum absolute atomic E-state index is 5.99. The van der Waals surface area contributed by atoms with Gasteiger partial charge in [-0.15, -0.1) is 0 Å². The molecule has 0 bridgehead atoms. The molecule has 1 aromatic rings. The minimum Gasteiger partial charge on any atom is -0.376 e. The summed E-state index contributed by atoms with van der Waals surface area (Å²) in [6.45, 7) is 2.99. The Labute approximate surface area is 85.1 Å². The highest BCUT2D eigenvalue weighted by molar-refractivity contribution is 5.20. The Morgan fingerprint density at radius 1 is 1.36 bits per heavy atom. The molecule has 1 aromatic carbocycles. The van der Waals surface area contributed by atoms with Crippen LogP contribution in [0.1, 0.15) is 24.8 Å². The average molecular weight is 191 g/mol. The van der Waals surface area contributed by atoms with E-state index in [1.54, 1.807) is 0 Å². The van der Waals surface area contributed by atoms with E-state index in [2.05, 4.69) is 31.2 Å². The molecule has 2 heteroatoms. The zero-order valence-electron chi connectivity index (χ0n) is 8.52. The molecule has 3 atom stereocenters. The molecule has 2 nitrogen and oxygen atoms in total. The Bertz CT molecular complexity index is 286. The highest BCUT2D eigenvalue weighted by Crippen LogP contribution is 2.27. The van der Waals surface area contributed by atoms with Crippen LogP contribution in [0, 0.1) is 0 Å². The first-order valence-electron chi connectivity index (χ1n) is 5.21. The van der Waals surface area contributed by atoms with Gasteiger partial charge in [0, 0.05) is 18.6 Å². The zero-order chi connectivity index (χ0) is 9.97. The van der Waals surface area contributed by atoms with Crippen molar-refractivity contribution >= 4 is 0 Å². The summed E-state index contributed by atoms with van der Waals surface area (Å²) in [5, 5.41) is 0. The lowest BCUT2D eigenvalue weighted by molar-refractivity contribution is 0.0862. The second-order valence-corrected chi connectivity index (χ2v) is 3.99. The molecule has 0 aliphatic carbocycles. The van der Waals surface area contributed by atoms with Crippen molar-refractivity contribution in [2.75, 3.05) is 6.61 Å². The van der Waals surface area contributed by atoms with E-state index in [0.29, 0.717) is 5.92 Å². The summed E-state index contributed by atoms with van der Waals surface area (Å²) in [5.74, 6) is 0.397. The molecule has 1 fully saturated rings. The van der Waals surface area contributed by atoms with E-state index in [9.17, 15) is 0 Å². The van der Waals surface area contributed by atoms with Crippen molar-refractivity contribution in [3.63, 3.8) is 0 Å². The summed E-state index contributed by atoms with van der Waals surface area (Å²) in [5.41, 5.74) is 7.31. The lowest BCUT2D eigenvalue weighted by atomic mass is 9.91. The lowest BCUT2D eigenvalue weighted by Crippen LogP contribution is -2.34. The lowest BCUT2D eigenvalue weighted by Gasteiger charge is -2.22. The van der Waals surface area contributed by atoms with Crippen LogP contribution < -0.4 is 5.73 Å². The first-order chi connectivity index (χ1) is 6.79. The third-order valence-electron chi connectivity index (χ3n) is 3.00. The Morgan fingerprint density at radius 2 is 2.07 bits per heavy atom. The quantitative estimate of drug-likeness (QED) is 0.775. The topological polar surface area (TPSA) is 35.2 Å². The molecule has 1 aliphatic heterocycles. The number of nitrogens with two attached hydrogens (primary N) is 1. The number of hydrogen-bond donors (Lipinski definition) is 1. The fraction of sp³-hybridized carbons (Fsp3) is 0.500. The van der Waals surface area contributed by atoms with Crippen molar-refractivity contribution in [1.82, 2.24) is 0 Å². The highest BCUT2D eigenvalue weighted by atomic mass is 16.5. The average Bonchev–Trinajstić information content (AvgIpc) is 2.65. The third kappa shape index (κ3) is 1.81. The number of hydrogen-bond acceptors (Lipinski definition) is 2. The minimum absolute atomic E-state index is 0.192. The summed E-state index contributed by atoms with van der Waals surface area (Å²) in [7, 11) is 0. The van der Waals surface area contributed by atoms with E-state index in [0.717, 1.165) is 13.0 Å². The zero-order valence-corrected chi connectivity index (χ0v) is 8.52. The van der Waals surface area contributed by atoms with Crippen molar-refractivity contribution in [3.05, 3.63) is 35.9 Å². The third-order valence-corrected chi connectivity index (χ3v) is 3.00. The first kappa shape index (κ1) is 9.69.